The smallest absolute Gasteiger partial charge is 0.251 e. The Balaban J connectivity index is 1.49. The summed E-state index contributed by atoms with van der Waals surface area (Å²) in [5, 5.41) is 20.8. The van der Waals surface area contributed by atoms with Crippen molar-refractivity contribution in [1.82, 2.24) is 20.4 Å². The van der Waals surface area contributed by atoms with E-state index in [2.05, 4.69) is 35.6 Å². The van der Waals surface area contributed by atoms with Gasteiger partial charge in [0.05, 0.1) is 17.8 Å². The summed E-state index contributed by atoms with van der Waals surface area (Å²) in [6.07, 6.45) is 2.09. The highest BCUT2D eigenvalue weighted by molar-refractivity contribution is 5.84. The van der Waals surface area contributed by atoms with Gasteiger partial charge in [0.1, 0.15) is 18.0 Å². The van der Waals surface area contributed by atoms with Crippen molar-refractivity contribution in [1.29, 1.82) is 5.26 Å². The van der Waals surface area contributed by atoms with E-state index in [0.717, 1.165) is 35.0 Å². The zero-order valence-corrected chi connectivity index (χ0v) is 18.8. The molecule has 7 nitrogen and oxygen atoms in total. The zero-order chi connectivity index (χ0) is 23.4. The number of nitrogens with one attached hydrogen (secondary N) is 2. The van der Waals surface area contributed by atoms with Gasteiger partial charge in [-0.3, -0.25) is 9.48 Å². The van der Waals surface area contributed by atoms with Crippen LogP contribution in [0.1, 0.15) is 31.9 Å². The molecule has 172 valence electrons. The van der Waals surface area contributed by atoms with Gasteiger partial charge in [-0.05, 0) is 55.6 Å². The average Bonchev–Trinajstić information content (AvgIpc) is 3.04. The fourth-order valence-corrected chi connectivity index (χ4v) is 4.02. The average molecular weight is 450 g/mol. The van der Waals surface area contributed by atoms with E-state index in [1.807, 2.05) is 35.1 Å². The lowest BCUT2D eigenvalue weighted by Gasteiger charge is -2.18. The van der Waals surface area contributed by atoms with Crippen LogP contribution in [0.5, 0.6) is 0 Å². The summed E-state index contributed by atoms with van der Waals surface area (Å²) in [5.41, 5.74) is 3.00. The van der Waals surface area contributed by atoms with Crippen LogP contribution in [0, 0.1) is 17.1 Å². The van der Waals surface area contributed by atoms with E-state index in [-0.39, 0.29) is 18.4 Å². The molecule has 0 saturated carbocycles. The maximum atomic E-state index is 15.0. The first kappa shape index (κ1) is 22.9. The predicted molar refractivity (Wildman–Crippen MR) is 124 cm³/mol. The second-order valence-electron chi connectivity index (χ2n) is 8.57. The first-order chi connectivity index (χ1) is 16.0. The number of nitriles is 1. The fourth-order valence-electron chi connectivity index (χ4n) is 4.02. The van der Waals surface area contributed by atoms with E-state index in [9.17, 15) is 14.4 Å². The Morgan fingerprint density at radius 3 is 2.88 bits per heavy atom. The van der Waals surface area contributed by atoms with Crippen LogP contribution in [0.3, 0.4) is 0 Å². The number of carbonyl (C=O) groups is 1. The summed E-state index contributed by atoms with van der Waals surface area (Å²) in [7, 11) is 0. The van der Waals surface area contributed by atoms with Crippen LogP contribution in [0.25, 0.3) is 22.0 Å². The molecule has 1 aromatic heterocycles. The van der Waals surface area contributed by atoms with Crippen molar-refractivity contribution in [2.75, 3.05) is 19.7 Å². The van der Waals surface area contributed by atoms with Gasteiger partial charge in [0, 0.05) is 31.0 Å². The monoisotopic (exact) mass is 449 g/mol. The second-order valence-corrected chi connectivity index (χ2v) is 8.57. The molecule has 4 rings (SSSR count). The van der Waals surface area contributed by atoms with Crippen molar-refractivity contribution in [3.8, 4) is 17.2 Å². The lowest BCUT2D eigenvalue weighted by molar-refractivity contribution is -0.132. The standard InChI is InChI=1S/C25H28FN5O2/c1-16(2)31-23-12-18(5-7-20(23)14-29-31)17-4-6-19(22(26)11-17)10-21(13-27)30-25(32)24-15-28-8-3-9-33-24/h4-7,11-12,14,16,21,24,28H,3,8-10,15H2,1-2H3,(H,30,32)/t21-,24-/m0/s1. The Bertz CT molecular complexity index is 1180. The van der Waals surface area contributed by atoms with Gasteiger partial charge < -0.3 is 15.4 Å². The Morgan fingerprint density at radius 1 is 1.33 bits per heavy atom. The van der Waals surface area contributed by atoms with Gasteiger partial charge in [-0.2, -0.15) is 10.4 Å². The number of ether oxygens (including phenoxy) is 1. The zero-order valence-electron chi connectivity index (χ0n) is 18.8. The molecular weight excluding hydrogens is 421 g/mol. The minimum Gasteiger partial charge on any atom is -0.367 e. The highest BCUT2D eigenvalue weighted by Gasteiger charge is 2.24. The van der Waals surface area contributed by atoms with Crippen molar-refractivity contribution in [3.05, 3.63) is 54.0 Å². The lowest BCUT2D eigenvalue weighted by Crippen LogP contribution is -2.46. The molecule has 0 radical (unpaired) electrons. The number of fused-ring (bicyclic) bond motifs is 1. The van der Waals surface area contributed by atoms with Gasteiger partial charge in [-0.1, -0.05) is 24.3 Å². The van der Waals surface area contributed by atoms with Crippen LogP contribution >= 0.6 is 0 Å². The normalized spacial score (nSPS) is 17.5. The molecule has 8 heteroatoms. The van der Waals surface area contributed by atoms with Crippen molar-refractivity contribution in [2.45, 2.75) is 44.9 Å². The maximum absolute atomic E-state index is 15.0. The molecule has 0 aliphatic carbocycles. The van der Waals surface area contributed by atoms with E-state index >= 15 is 0 Å². The van der Waals surface area contributed by atoms with Crippen molar-refractivity contribution < 1.29 is 13.9 Å². The van der Waals surface area contributed by atoms with Gasteiger partial charge in [-0.15, -0.1) is 0 Å². The van der Waals surface area contributed by atoms with Crippen LogP contribution in [0.4, 0.5) is 4.39 Å². The molecule has 1 fully saturated rings. The lowest BCUT2D eigenvalue weighted by atomic mass is 9.99. The summed E-state index contributed by atoms with van der Waals surface area (Å²) in [4.78, 5) is 12.5. The Labute approximate surface area is 192 Å². The molecule has 1 aliphatic rings. The number of amides is 1. The fraction of sp³-hybridized carbons (Fsp3) is 0.400. The van der Waals surface area contributed by atoms with E-state index in [0.29, 0.717) is 18.7 Å². The number of benzene rings is 2. The van der Waals surface area contributed by atoms with Crippen molar-refractivity contribution >= 4 is 16.8 Å². The summed E-state index contributed by atoms with van der Waals surface area (Å²) in [5.74, 6) is -0.769. The Morgan fingerprint density at radius 2 is 2.12 bits per heavy atom. The third kappa shape index (κ3) is 5.21. The first-order valence-corrected chi connectivity index (χ1v) is 11.2. The van der Waals surface area contributed by atoms with E-state index in [4.69, 9.17) is 4.74 Å². The van der Waals surface area contributed by atoms with Gasteiger partial charge >= 0.3 is 0 Å². The highest BCUT2D eigenvalue weighted by Crippen LogP contribution is 2.27. The number of carbonyl (C=O) groups excluding carboxylic acids is 1. The van der Waals surface area contributed by atoms with E-state index in [1.54, 1.807) is 6.07 Å². The number of aromatic nitrogens is 2. The first-order valence-electron chi connectivity index (χ1n) is 11.2. The summed E-state index contributed by atoms with van der Waals surface area (Å²) >= 11 is 0. The third-order valence-electron chi connectivity index (χ3n) is 5.81. The van der Waals surface area contributed by atoms with Gasteiger partial charge in [0.25, 0.3) is 5.91 Å². The van der Waals surface area contributed by atoms with Crippen LogP contribution < -0.4 is 10.6 Å². The molecular formula is C25H28FN5O2. The predicted octanol–water partition coefficient (Wildman–Crippen LogP) is 3.35. The molecule has 1 saturated heterocycles. The third-order valence-corrected chi connectivity index (χ3v) is 5.81. The van der Waals surface area contributed by atoms with E-state index < -0.39 is 18.0 Å². The van der Waals surface area contributed by atoms with Crippen molar-refractivity contribution in [2.24, 2.45) is 0 Å². The van der Waals surface area contributed by atoms with Crippen molar-refractivity contribution in [3.63, 3.8) is 0 Å². The molecule has 1 aliphatic heterocycles. The molecule has 0 unspecified atom stereocenters. The molecule has 2 atom stereocenters. The maximum Gasteiger partial charge on any atom is 0.251 e. The summed E-state index contributed by atoms with van der Waals surface area (Å²) < 4.78 is 22.4. The van der Waals surface area contributed by atoms with Gasteiger partial charge in [0.2, 0.25) is 0 Å². The largest absolute Gasteiger partial charge is 0.367 e. The second kappa shape index (κ2) is 10.1. The van der Waals surface area contributed by atoms with Gasteiger partial charge in [-0.25, -0.2) is 4.39 Å². The highest BCUT2D eigenvalue weighted by atomic mass is 19.1. The minimum atomic E-state index is -0.846. The Hall–Kier alpha value is -3.28. The number of nitrogens with zero attached hydrogens (tertiary/aromatic N) is 3. The Kier molecular flexibility index (Phi) is 7.02. The summed E-state index contributed by atoms with van der Waals surface area (Å²) in [6.45, 7) is 5.80. The summed E-state index contributed by atoms with van der Waals surface area (Å²) in [6, 6.07) is 12.4. The molecule has 3 aromatic rings. The van der Waals surface area contributed by atoms with Crippen LogP contribution in [0.15, 0.2) is 42.6 Å². The molecule has 0 bridgehead atoms. The van der Waals surface area contributed by atoms with Crippen LogP contribution in [-0.4, -0.2) is 47.5 Å². The van der Waals surface area contributed by atoms with Gasteiger partial charge in [0.15, 0.2) is 0 Å². The number of hydrogen-bond acceptors (Lipinski definition) is 5. The molecule has 2 heterocycles. The van der Waals surface area contributed by atoms with E-state index in [1.165, 1.54) is 6.07 Å². The van der Waals surface area contributed by atoms with Crippen LogP contribution in [0.2, 0.25) is 0 Å². The quantitative estimate of drug-likeness (QED) is 0.602. The molecule has 33 heavy (non-hydrogen) atoms. The number of hydrogen-bond donors (Lipinski definition) is 2. The number of halogens is 1. The molecule has 2 aromatic carbocycles. The van der Waals surface area contributed by atoms with Crippen LogP contribution in [-0.2, 0) is 16.0 Å². The SMILES string of the molecule is CC(C)n1ncc2ccc(-c3ccc(C[C@@H](C#N)NC(=O)[C@@H]4CNCCCO4)c(F)c3)cc21. The topological polar surface area (TPSA) is 92.0 Å². The molecule has 1 amide bonds. The molecule has 2 N–H and O–H groups in total. The minimum absolute atomic E-state index is 0.0770. The number of rotatable bonds is 6. The molecule has 0 spiro atoms.